The molecule has 1 heterocycles. The smallest absolute Gasteiger partial charge is 0.341 e. The second-order valence-corrected chi connectivity index (χ2v) is 8.16. The summed E-state index contributed by atoms with van der Waals surface area (Å²) in [5, 5.41) is 19.6. The number of ether oxygens (including phenoxy) is 1. The first-order chi connectivity index (χ1) is 15.3. The first-order valence-electron chi connectivity index (χ1n) is 10.3. The van der Waals surface area contributed by atoms with E-state index in [1.807, 2.05) is 13.8 Å². The lowest BCUT2D eigenvalue weighted by molar-refractivity contribution is 0.0695. The van der Waals surface area contributed by atoms with Crippen LogP contribution >= 0.6 is 11.6 Å². The predicted octanol–water partition coefficient (Wildman–Crippen LogP) is 4.36. The molecule has 3 rings (SSSR count). The zero-order chi connectivity index (χ0) is 23.4. The van der Waals surface area contributed by atoms with Gasteiger partial charge in [0.15, 0.2) is 0 Å². The average molecular weight is 462 g/mol. The van der Waals surface area contributed by atoms with E-state index in [2.05, 4.69) is 4.98 Å². The molecule has 0 radical (unpaired) electrons. The summed E-state index contributed by atoms with van der Waals surface area (Å²) in [4.78, 5) is 27.0. The van der Waals surface area contributed by atoms with Crippen molar-refractivity contribution in [3.63, 3.8) is 0 Å². The van der Waals surface area contributed by atoms with Crippen LogP contribution in [0, 0.1) is 11.7 Å². The summed E-state index contributed by atoms with van der Waals surface area (Å²) >= 11 is 5.94. The number of carbonyl (C=O) groups is 1. The zero-order valence-corrected chi connectivity index (χ0v) is 18.6. The Morgan fingerprint density at radius 3 is 2.69 bits per heavy atom. The topological polar surface area (TPSA) is 99.6 Å². The van der Waals surface area contributed by atoms with Gasteiger partial charge >= 0.3 is 5.97 Å². The summed E-state index contributed by atoms with van der Waals surface area (Å²) in [6, 6.07) is 7.99. The van der Waals surface area contributed by atoms with Gasteiger partial charge in [0, 0.05) is 42.7 Å². The number of hydrogen-bond donors (Lipinski definition) is 3. The molecule has 0 saturated heterocycles. The van der Waals surface area contributed by atoms with Gasteiger partial charge in [0.05, 0.1) is 11.6 Å². The molecule has 32 heavy (non-hydrogen) atoms. The zero-order valence-electron chi connectivity index (χ0n) is 17.8. The van der Waals surface area contributed by atoms with Crippen LogP contribution < -0.4 is 5.43 Å². The number of aliphatic hydroxyl groups is 1. The number of fused-ring (bicyclic) bond motifs is 1. The van der Waals surface area contributed by atoms with E-state index in [9.17, 15) is 24.2 Å². The van der Waals surface area contributed by atoms with Crippen LogP contribution in [0.5, 0.6) is 0 Å². The third kappa shape index (κ3) is 4.85. The van der Waals surface area contributed by atoms with E-state index in [1.165, 1.54) is 6.07 Å². The van der Waals surface area contributed by atoms with Crippen molar-refractivity contribution in [3.05, 3.63) is 79.8 Å². The van der Waals surface area contributed by atoms with Crippen LogP contribution in [-0.2, 0) is 11.2 Å². The minimum Gasteiger partial charge on any atom is -0.477 e. The molecule has 0 aliphatic heterocycles. The van der Waals surface area contributed by atoms with Gasteiger partial charge in [-0.1, -0.05) is 30.7 Å². The quantitative estimate of drug-likeness (QED) is 0.439. The highest BCUT2D eigenvalue weighted by Gasteiger charge is 2.24. The van der Waals surface area contributed by atoms with Crippen molar-refractivity contribution in [2.45, 2.75) is 26.2 Å². The fourth-order valence-corrected chi connectivity index (χ4v) is 4.08. The average Bonchev–Trinajstić information content (AvgIpc) is 2.76. The number of carboxylic acid groups (broad SMARTS) is 1. The summed E-state index contributed by atoms with van der Waals surface area (Å²) in [7, 11) is 0. The minimum atomic E-state index is -1.33. The predicted molar refractivity (Wildman–Crippen MR) is 121 cm³/mol. The van der Waals surface area contributed by atoms with E-state index in [1.54, 1.807) is 24.3 Å². The van der Waals surface area contributed by atoms with Crippen molar-refractivity contribution in [1.82, 2.24) is 4.98 Å². The van der Waals surface area contributed by atoms with Crippen LogP contribution in [0.15, 0.2) is 41.3 Å². The summed E-state index contributed by atoms with van der Waals surface area (Å²) in [5.41, 5.74) is 1.09. The number of nitrogens with one attached hydrogen (secondary N) is 1. The summed E-state index contributed by atoms with van der Waals surface area (Å²) < 4.78 is 20.2. The molecule has 170 valence electrons. The number of aromatic carboxylic acids is 1. The van der Waals surface area contributed by atoms with Crippen molar-refractivity contribution in [2.75, 3.05) is 19.8 Å². The van der Waals surface area contributed by atoms with Crippen molar-refractivity contribution < 1.29 is 24.1 Å². The molecule has 3 N–H and O–H groups in total. The highest BCUT2D eigenvalue weighted by Crippen LogP contribution is 2.32. The molecule has 0 fully saturated rings. The Morgan fingerprint density at radius 2 is 2.03 bits per heavy atom. The van der Waals surface area contributed by atoms with Crippen LogP contribution in [0.3, 0.4) is 0 Å². The van der Waals surface area contributed by atoms with Crippen molar-refractivity contribution in [2.24, 2.45) is 5.92 Å². The number of hydrogen-bond acceptors (Lipinski definition) is 4. The molecule has 0 amide bonds. The normalized spacial score (nSPS) is 13.3. The van der Waals surface area contributed by atoms with Crippen molar-refractivity contribution in [1.29, 1.82) is 0 Å². The molecule has 2 atom stereocenters. The van der Waals surface area contributed by atoms with E-state index >= 15 is 0 Å². The molecule has 0 aliphatic carbocycles. The van der Waals surface area contributed by atoms with Gasteiger partial charge in [-0.15, -0.1) is 0 Å². The number of halogens is 2. The van der Waals surface area contributed by atoms with Crippen LogP contribution in [0.4, 0.5) is 4.39 Å². The molecule has 8 heteroatoms. The molecular formula is C24H25ClFNO5. The highest BCUT2D eigenvalue weighted by molar-refractivity contribution is 6.30. The van der Waals surface area contributed by atoms with Gasteiger partial charge in [-0.2, -0.15) is 0 Å². The third-order valence-electron chi connectivity index (χ3n) is 5.65. The third-order valence-corrected chi connectivity index (χ3v) is 5.94. The maximum absolute atomic E-state index is 14.6. The molecular weight excluding hydrogens is 437 g/mol. The van der Waals surface area contributed by atoms with Crippen molar-refractivity contribution in [3.8, 4) is 0 Å². The molecule has 6 nitrogen and oxygen atoms in total. The number of pyridine rings is 1. The molecule has 0 saturated carbocycles. The maximum Gasteiger partial charge on any atom is 0.341 e. The van der Waals surface area contributed by atoms with Crippen molar-refractivity contribution >= 4 is 28.5 Å². The van der Waals surface area contributed by atoms with E-state index in [0.717, 1.165) is 11.8 Å². The lowest BCUT2D eigenvalue weighted by atomic mass is 9.83. The summed E-state index contributed by atoms with van der Waals surface area (Å²) in [6.07, 6.45) is 1.27. The standard InChI is InChI=1S/C24H25ClFNO5/c1-3-32-12-13(2)19(11-28)16-9-21-17(23(29)18(10-27-21)24(30)31)8-15(16)7-14-5-4-6-20(25)22(14)26/h4-6,8-10,13,19,28H,3,7,11-12H2,1-2H3,(H,27,29)(H,30,31). The second kappa shape index (κ2) is 10.3. The molecule has 1 aromatic heterocycles. The monoisotopic (exact) mass is 461 g/mol. The van der Waals surface area contributed by atoms with E-state index in [-0.39, 0.29) is 40.8 Å². The lowest BCUT2D eigenvalue weighted by Gasteiger charge is -2.25. The Hall–Kier alpha value is -2.74. The Morgan fingerprint density at radius 1 is 1.28 bits per heavy atom. The van der Waals surface area contributed by atoms with Gasteiger partial charge in [-0.05, 0) is 47.7 Å². The van der Waals surface area contributed by atoms with E-state index in [0.29, 0.717) is 29.9 Å². The maximum atomic E-state index is 14.6. The Bertz CT molecular complexity index is 1190. The number of H-pyrrole nitrogens is 1. The fraction of sp³-hybridized carbons (Fsp3) is 0.333. The van der Waals surface area contributed by atoms with E-state index < -0.39 is 17.2 Å². The van der Waals surface area contributed by atoms with Gasteiger partial charge in [0.1, 0.15) is 11.4 Å². The first-order valence-corrected chi connectivity index (χ1v) is 10.7. The minimum absolute atomic E-state index is 0.0146. The van der Waals surface area contributed by atoms with Gasteiger partial charge in [0.2, 0.25) is 5.43 Å². The first kappa shape index (κ1) is 23.9. The molecule has 3 aromatic rings. The second-order valence-electron chi connectivity index (χ2n) is 7.75. The molecule has 0 spiro atoms. The largest absolute Gasteiger partial charge is 0.477 e. The molecule has 0 aliphatic rings. The van der Waals surface area contributed by atoms with Crippen LogP contribution in [0.25, 0.3) is 10.9 Å². The van der Waals surface area contributed by atoms with Gasteiger partial charge in [0.25, 0.3) is 0 Å². The number of aromatic amines is 1. The molecule has 0 bridgehead atoms. The van der Waals surface area contributed by atoms with Crippen LogP contribution in [0.1, 0.15) is 46.8 Å². The van der Waals surface area contributed by atoms with Gasteiger partial charge in [-0.25, -0.2) is 9.18 Å². The lowest BCUT2D eigenvalue weighted by Crippen LogP contribution is -2.21. The number of carboxylic acids is 1. The Balaban J connectivity index is 2.22. The number of aromatic nitrogens is 1. The SMILES string of the molecule is CCOCC(C)C(CO)c1cc2[nH]cc(C(=O)O)c(=O)c2cc1Cc1cccc(Cl)c1F. The van der Waals surface area contributed by atoms with Crippen LogP contribution in [-0.4, -0.2) is 41.0 Å². The van der Waals surface area contributed by atoms with Gasteiger partial charge in [-0.3, -0.25) is 4.79 Å². The van der Waals surface area contributed by atoms with E-state index in [4.69, 9.17) is 16.3 Å². The molecule has 2 aromatic carbocycles. The number of benzene rings is 2. The Labute approximate surface area is 189 Å². The fourth-order valence-electron chi connectivity index (χ4n) is 3.88. The number of aliphatic hydroxyl groups excluding tert-OH is 1. The number of rotatable bonds is 9. The summed E-state index contributed by atoms with van der Waals surface area (Å²) in [5.74, 6) is -2.30. The van der Waals surface area contributed by atoms with Crippen LogP contribution in [0.2, 0.25) is 5.02 Å². The highest BCUT2D eigenvalue weighted by atomic mass is 35.5. The molecule has 2 unspecified atom stereocenters. The summed E-state index contributed by atoms with van der Waals surface area (Å²) in [6.45, 7) is 4.60. The van der Waals surface area contributed by atoms with Gasteiger partial charge < -0.3 is 19.9 Å². The Kier molecular flexibility index (Phi) is 7.66.